The third-order valence-electron chi connectivity index (χ3n) is 1.97. The highest BCUT2D eigenvalue weighted by atomic mass is 32.1. The molecule has 0 unspecified atom stereocenters. The SMILES string of the molecule is CCOC(=O)c1cc(CO)cc(S)c1C#N. The molecular weight excluding hydrogens is 226 g/mol. The first-order valence-electron chi connectivity index (χ1n) is 4.68. The summed E-state index contributed by atoms with van der Waals surface area (Å²) in [5.41, 5.74) is 0.826. The maximum atomic E-state index is 11.6. The zero-order valence-corrected chi connectivity index (χ0v) is 9.62. The van der Waals surface area contributed by atoms with Gasteiger partial charge in [0.1, 0.15) is 6.07 Å². The summed E-state index contributed by atoms with van der Waals surface area (Å²) in [4.78, 5) is 11.9. The lowest BCUT2D eigenvalue weighted by Gasteiger charge is -2.07. The van der Waals surface area contributed by atoms with E-state index in [0.29, 0.717) is 10.5 Å². The first kappa shape index (κ1) is 12.6. The van der Waals surface area contributed by atoms with Crippen molar-refractivity contribution in [2.24, 2.45) is 0 Å². The van der Waals surface area contributed by atoms with Crippen molar-refractivity contribution < 1.29 is 14.6 Å². The van der Waals surface area contributed by atoms with Gasteiger partial charge in [-0.15, -0.1) is 12.6 Å². The van der Waals surface area contributed by atoms with Crippen LogP contribution in [-0.2, 0) is 11.3 Å². The molecule has 4 nitrogen and oxygen atoms in total. The summed E-state index contributed by atoms with van der Waals surface area (Å²) in [5, 5.41) is 17.9. The van der Waals surface area contributed by atoms with E-state index in [-0.39, 0.29) is 24.3 Å². The highest BCUT2D eigenvalue weighted by Gasteiger charge is 2.16. The number of nitriles is 1. The van der Waals surface area contributed by atoms with Gasteiger partial charge in [-0.1, -0.05) is 0 Å². The fourth-order valence-electron chi connectivity index (χ4n) is 1.26. The van der Waals surface area contributed by atoms with Crippen molar-refractivity contribution in [1.29, 1.82) is 5.26 Å². The number of rotatable bonds is 3. The van der Waals surface area contributed by atoms with Crippen LogP contribution in [0.3, 0.4) is 0 Å². The molecule has 0 heterocycles. The molecule has 0 radical (unpaired) electrons. The minimum atomic E-state index is -0.579. The standard InChI is InChI=1S/C11H11NO3S/c1-2-15-11(14)8-3-7(6-13)4-10(16)9(8)5-12/h3-4,13,16H,2,6H2,1H3. The van der Waals surface area contributed by atoms with Crippen molar-refractivity contribution in [1.82, 2.24) is 0 Å². The quantitative estimate of drug-likeness (QED) is 0.617. The molecule has 0 saturated carbocycles. The van der Waals surface area contributed by atoms with E-state index in [4.69, 9.17) is 15.1 Å². The number of ether oxygens (including phenoxy) is 1. The summed E-state index contributed by atoms with van der Waals surface area (Å²) in [5.74, 6) is -0.579. The summed E-state index contributed by atoms with van der Waals surface area (Å²) in [6.45, 7) is 1.70. The fourth-order valence-corrected chi connectivity index (χ4v) is 1.60. The second-order valence-electron chi connectivity index (χ2n) is 3.03. The van der Waals surface area contributed by atoms with E-state index in [1.807, 2.05) is 6.07 Å². The number of hydrogen-bond donors (Lipinski definition) is 2. The highest BCUT2D eigenvalue weighted by molar-refractivity contribution is 7.80. The van der Waals surface area contributed by atoms with Gasteiger partial charge in [-0.25, -0.2) is 4.79 Å². The molecule has 1 aromatic carbocycles. The number of aliphatic hydroxyl groups excluding tert-OH is 1. The Labute approximate surface area is 98.9 Å². The Morgan fingerprint density at radius 3 is 2.81 bits per heavy atom. The van der Waals surface area contributed by atoms with Gasteiger partial charge in [-0.05, 0) is 24.6 Å². The third-order valence-corrected chi connectivity index (χ3v) is 2.32. The van der Waals surface area contributed by atoms with Gasteiger partial charge in [-0.3, -0.25) is 0 Å². The number of hydrogen-bond acceptors (Lipinski definition) is 5. The number of aliphatic hydroxyl groups is 1. The van der Waals surface area contributed by atoms with Crippen LogP contribution in [0, 0.1) is 11.3 Å². The van der Waals surface area contributed by atoms with Crippen LogP contribution >= 0.6 is 12.6 Å². The lowest BCUT2D eigenvalue weighted by Crippen LogP contribution is -2.08. The van der Waals surface area contributed by atoms with E-state index in [1.165, 1.54) is 6.07 Å². The molecule has 0 saturated heterocycles. The summed E-state index contributed by atoms with van der Waals surface area (Å²) in [7, 11) is 0. The second-order valence-corrected chi connectivity index (χ2v) is 3.51. The topological polar surface area (TPSA) is 70.3 Å². The average Bonchev–Trinajstić information content (AvgIpc) is 2.28. The van der Waals surface area contributed by atoms with Crippen molar-refractivity contribution in [3.8, 4) is 6.07 Å². The Bertz CT molecular complexity index is 451. The molecule has 0 bridgehead atoms. The van der Waals surface area contributed by atoms with Crippen molar-refractivity contribution in [2.75, 3.05) is 6.61 Å². The van der Waals surface area contributed by atoms with Gasteiger partial charge in [0.05, 0.1) is 24.3 Å². The van der Waals surface area contributed by atoms with Gasteiger partial charge in [-0.2, -0.15) is 5.26 Å². The Hall–Kier alpha value is -1.51. The first-order valence-corrected chi connectivity index (χ1v) is 5.12. The Kier molecular flexibility index (Phi) is 4.35. The van der Waals surface area contributed by atoms with E-state index < -0.39 is 5.97 Å². The zero-order valence-electron chi connectivity index (χ0n) is 8.73. The molecule has 0 aromatic heterocycles. The van der Waals surface area contributed by atoms with Crippen LogP contribution < -0.4 is 0 Å². The maximum absolute atomic E-state index is 11.6. The van der Waals surface area contributed by atoms with Crippen molar-refractivity contribution in [3.05, 3.63) is 28.8 Å². The van der Waals surface area contributed by atoms with Crippen LogP contribution in [0.25, 0.3) is 0 Å². The molecule has 1 aromatic rings. The maximum Gasteiger partial charge on any atom is 0.339 e. The summed E-state index contributed by atoms with van der Waals surface area (Å²) >= 11 is 4.09. The van der Waals surface area contributed by atoms with E-state index in [1.54, 1.807) is 13.0 Å². The van der Waals surface area contributed by atoms with Crippen LogP contribution in [0.15, 0.2) is 17.0 Å². The molecule has 0 amide bonds. The van der Waals surface area contributed by atoms with Gasteiger partial charge in [0.15, 0.2) is 0 Å². The molecule has 84 valence electrons. The van der Waals surface area contributed by atoms with Gasteiger partial charge < -0.3 is 9.84 Å². The summed E-state index contributed by atoms with van der Waals surface area (Å²) < 4.78 is 4.82. The van der Waals surface area contributed by atoms with Gasteiger partial charge in [0.25, 0.3) is 0 Å². The predicted octanol–water partition coefficient (Wildman–Crippen LogP) is 1.52. The largest absolute Gasteiger partial charge is 0.462 e. The Balaban J connectivity index is 3.29. The van der Waals surface area contributed by atoms with Crippen molar-refractivity contribution in [2.45, 2.75) is 18.4 Å². The monoisotopic (exact) mass is 237 g/mol. The fraction of sp³-hybridized carbons (Fsp3) is 0.273. The summed E-state index contributed by atoms with van der Waals surface area (Å²) in [6, 6.07) is 4.88. The van der Waals surface area contributed by atoms with E-state index in [2.05, 4.69) is 12.6 Å². The van der Waals surface area contributed by atoms with Crippen molar-refractivity contribution >= 4 is 18.6 Å². The molecule has 1 N–H and O–H groups in total. The number of nitrogens with zero attached hydrogens (tertiary/aromatic N) is 1. The normalized spacial score (nSPS) is 9.62. The van der Waals surface area contributed by atoms with E-state index >= 15 is 0 Å². The number of esters is 1. The number of thiol groups is 1. The van der Waals surface area contributed by atoms with Crippen LogP contribution in [0.2, 0.25) is 0 Å². The molecule has 0 aliphatic rings. The Morgan fingerprint density at radius 1 is 1.62 bits per heavy atom. The third kappa shape index (κ3) is 2.54. The summed E-state index contributed by atoms with van der Waals surface area (Å²) in [6.07, 6.45) is 0. The lowest BCUT2D eigenvalue weighted by atomic mass is 10.0. The minimum absolute atomic E-state index is 0.140. The van der Waals surface area contributed by atoms with Crippen LogP contribution in [0.1, 0.15) is 28.4 Å². The van der Waals surface area contributed by atoms with Crippen LogP contribution in [0.5, 0.6) is 0 Å². The molecule has 1 rings (SSSR count). The lowest BCUT2D eigenvalue weighted by molar-refractivity contribution is 0.0525. The van der Waals surface area contributed by atoms with E-state index in [9.17, 15) is 4.79 Å². The smallest absolute Gasteiger partial charge is 0.339 e. The second kappa shape index (κ2) is 5.54. The number of carbonyl (C=O) groups excluding carboxylic acids is 1. The Morgan fingerprint density at radius 2 is 2.31 bits per heavy atom. The molecule has 0 aliphatic heterocycles. The molecular formula is C11H11NO3S. The molecule has 0 spiro atoms. The zero-order chi connectivity index (χ0) is 12.1. The molecule has 16 heavy (non-hydrogen) atoms. The number of benzene rings is 1. The van der Waals surface area contributed by atoms with Gasteiger partial charge in [0.2, 0.25) is 0 Å². The molecule has 0 aliphatic carbocycles. The molecule has 0 fully saturated rings. The van der Waals surface area contributed by atoms with Gasteiger partial charge >= 0.3 is 5.97 Å². The average molecular weight is 237 g/mol. The predicted molar refractivity (Wildman–Crippen MR) is 60.3 cm³/mol. The van der Waals surface area contributed by atoms with Gasteiger partial charge in [0, 0.05) is 4.90 Å². The first-order chi connectivity index (χ1) is 7.63. The van der Waals surface area contributed by atoms with Crippen LogP contribution in [0.4, 0.5) is 0 Å². The highest BCUT2D eigenvalue weighted by Crippen LogP contribution is 2.21. The number of carbonyl (C=O) groups is 1. The molecule has 0 atom stereocenters. The minimum Gasteiger partial charge on any atom is -0.462 e. The van der Waals surface area contributed by atoms with Crippen LogP contribution in [-0.4, -0.2) is 17.7 Å². The molecule has 5 heteroatoms. The van der Waals surface area contributed by atoms with Crippen molar-refractivity contribution in [3.63, 3.8) is 0 Å². The van der Waals surface area contributed by atoms with E-state index in [0.717, 1.165) is 0 Å².